The standard InChI is InChI=1S/C21H23Cl2N5O2/c1-14(29)26-6-8-27(9-7-26)21(30)15-11-19-20(25-12-15)24-4-5-28(19)13-16-10-17(22)2-3-18(16)23/h2-3,10-12H,4-9,13H2,1H3,(H,24,25). The average molecular weight is 448 g/mol. The first kappa shape index (κ1) is 20.8. The fourth-order valence-electron chi connectivity index (χ4n) is 3.82. The summed E-state index contributed by atoms with van der Waals surface area (Å²) in [5.74, 6) is 0.719. The van der Waals surface area contributed by atoms with Gasteiger partial charge in [-0.15, -0.1) is 0 Å². The highest BCUT2D eigenvalue weighted by molar-refractivity contribution is 6.33. The smallest absolute Gasteiger partial charge is 0.255 e. The van der Waals surface area contributed by atoms with Gasteiger partial charge in [0.1, 0.15) is 5.82 Å². The Morgan fingerprint density at radius 1 is 1.07 bits per heavy atom. The lowest BCUT2D eigenvalue weighted by Gasteiger charge is -2.35. The van der Waals surface area contributed by atoms with Crippen molar-refractivity contribution in [2.75, 3.05) is 49.5 Å². The van der Waals surface area contributed by atoms with E-state index in [9.17, 15) is 9.59 Å². The van der Waals surface area contributed by atoms with Crippen molar-refractivity contribution in [1.82, 2.24) is 14.8 Å². The van der Waals surface area contributed by atoms with Gasteiger partial charge < -0.3 is 20.0 Å². The fourth-order valence-corrected chi connectivity index (χ4v) is 4.19. The molecule has 0 atom stereocenters. The molecule has 0 saturated carbocycles. The number of pyridine rings is 1. The van der Waals surface area contributed by atoms with Gasteiger partial charge in [0.25, 0.3) is 5.91 Å². The molecule has 1 N–H and O–H groups in total. The Labute approximate surface area is 185 Å². The Hall–Kier alpha value is -2.51. The van der Waals surface area contributed by atoms with Gasteiger partial charge >= 0.3 is 0 Å². The molecule has 0 radical (unpaired) electrons. The quantitative estimate of drug-likeness (QED) is 0.782. The van der Waals surface area contributed by atoms with Crippen LogP contribution in [0.5, 0.6) is 0 Å². The molecule has 2 aliphatic rings. The molecule has 0 bridgehead atoms. The number of halogens is 2. The molecule has 1 saturated heterocycles. The molecule has 30 heavy (non-hydrogen) atoms. The third kappa shape index (κ3) is 4.32. The number of nitrogens with one attached hydrogen (secondary N) is 1. The Kier molecular flexibility index (Phi) is 6.01. The number of benzene rings is 1. The maximum atomic E-state index is 13.0. The minimum absolute atomic E-state index is 0.0407. The van der Waals surface area contributed by atoms with Crippen molar-refractivity contribution in [2.24, 2.45) is 0 Å². The first-order valence-corrected chi connectivity index (χ1v) is 10.7. The van der Waals surface area contributed by atoms with Gasteiger partial charge in [-0.2, -0.15) is 0 Å². The van der Waals surface area contributed by atoms with Crippen molar-refractivity contribution in [2.45, 2.75) is 13.5 Å². The predicted molar refractivity (Wildman–Crippen MR) is 118 cm³/mol. The fraction of sp³-hybridized carbons (Fsp3) is 0.381. The van der Waals surface area contributed by atoms with Gasteiger partial charge in [0.05, 0.1) is 11.3 Å². The van der Waals surface area contributed by atoms with E-state index in [-0.39, 0.29) is 11.8 Å². The maximum absolute atomic E-state index is 13.0. The molecule has 0 unspecified atom stereocenters. The lowest BCUT2D eigenvalue weighted by atomic mass is 10.1. The van der Waals surface area contributed by atoms with E-state index in [1.54, 1.807) is 35.1 Å². The molecule has 1 aromatic carbocycles. The zero-order valence-corrected chi connectivity index (χ0v) is 18.2. The largest absolute Gasteiger partial charge is 0.367 e. The van der Waals surface area contributed by atoms with Crippen LogP contribution in [0.2, 0.25) is 10.0 Å². The summed E-state index contributed by atoms with van der Waals surface area (Å²) < 4.78 is 0. The Balaban J connectivity index is 1.54. The normalized spacial score (nSPS) is 16.2. The topological polar surface area (TPSA) is 68.8 Å². The van der Waals surface area contributed by atoms with E-state index in [4.69, 9.17) is 23.2 Å². The molecule has 2 aromatic rings. The number of carbonyl (C=O) groups is 2. The number of piperazine rings is 1. The van der Waals surface area contributed by atoms with Crippen molar-refractivity contribution in [1.29, 1.82) is 0 Å². The summed E-state index contributed by atoms with van der Waals surface area (Å²) in [6.45, 7) is 5.79. The highest BCUT2D eigenvalue weighted by atomic mass is 35.5. The Bertz CT molecular complexity index is 976. The lowest BCUT2D eigenvalue weighted by Crippen LogP contribution is -2.50. The van der Waals surface area contributed by atoms with Crippen LogP contribution in [0.3, 0.4) is 0 Å². The third-order valence-corrected chi connectivity index (χ3v) is 6.11. The zero-order chi connectivity index (χ0) is 21.3. The Morgan fingerprint density at radius 3 is 2.53 bits per heavy atom. The minimum atomic E-state index is -0.0696. The molecular formula is C21H23Cl2N5O2. The number of aromatic nitrogens is 1. The van der Waals surface area contributed by atoms with Crippen LogP contribution in [0.15, 0.2) is 30.5 Å². The molecule has 7 nitrogen and oxygen atoms in total. The van der Waals surface area contributed by atoms with Gasteiger partial charge in [-0.25, -0.2) is 4.98 Å². The van der Waals surface area contributed by atoms with Gasteiger partial charge in [-0.05, 0) is 29.8 Å². The van der Waals surface area contributed by atoms with Gasteiger partial charge in [-0.1, -0.05) is 23.2 Å². The zero-order valence-electron chi connectivity index (χ0n) is 16.7. The van der Waals surface area contributed by atoms with Crippen molar-refractivity contribution < 1.29 is 9.59 Å². The van der Waals surface area contributed by atoms with E-state index in [1.165, 1.54) is 0 Å². The summed E-state index contributed by atoms with van der Waals surface area (Å²) in [7, 11) is 0. The van der Waals surface area contributed by atoms with E-state index in [2.05, 4.69) is 15.2 Å². The highest BCUT2D eigenvalue weighted by Gasteiger charge is 2.26. The summed E-state index contributed by atoms with van der Waals surface area (Å²) >= 11 is 12.5. The van der Waals surface area contributed by atoms with Crippen LogP contribution in [0.25, 0.3) is 0 Å². The SMILES string of the molecule is CC(=O)N1CCN(C(=O)c2cnc3c(c2)N(Cc2cc(Cl)ccc2Cl)CCN3)CC1. The molecule has 4 rings (SSSR count). The van der Waals surface area contributed by atoms with Crippen molar-refractivity contribution in [3.8, 4) is 0 Å². The maximum Gasteiger partial charge on any atom is 0.255 e. The van der Waals surface area contributed by atoms with Crippen LogP contribution in [-0.4, -0.2) is 65.9 Å². The van der Waals surface area contributed by atoms with Crippen LogP contribution in [-0.2, 0) is 11.3 Å². The number of carbonyl (C=O) groups excluding carboxylic acids is 2. The number of hydrogen-bond donors (Lipinski definition) is 1. The number of anilines is 2. The van der Waals surface area contributed by atoms with Gasteiger partial charge in [0.2, 0.25) is 5.91 Å². The van der Waals surface area contributed by atoms with Crippen LogP contribution in [0.1, 0.15) is 22.8 Å². The molecule has 1 fully saturated rings. The second kappa shape index (κ2) is 8.70. The summed E-state index contributed by atoms with van der Waals surface area (Å²) in [4.78, 5) is 34.7. The second-order valence-corrected chi connectivity index (χ2v) is 8.32. The van der Waals surface area contributed by atoms with E-state index < -0.39 is 0 Å². The van der Waals surface area contributed by atoms with Crippen molar-refractivity contribution in [3.63, 3.8) is 0 Å². The van der Waals surface area contributed by atoms with E-state index in [1.807, 2.05) is 12.1 Å². The summed E-state index contributed by atoms with van der Waals surface area (Å²) in [6, 6.07) is 7.31. The molecule has 9 heteroatoms. The summed E-state index contributed by atoms with van der Waals surface area (Å²) in [5.41, 5.74) is 2.33. The molecule has 0 spiro atoms. The van der Waals surface area contributed by atoms with Gasteiger partial charge in [-0.3, -0.25) is 9.59 Å². The number of nitrogens with zero attached hydrogens (tertiary/aromatic N) is 4. The third-order valence-electron chi connectivity index (χ3n) is 5.51. The van der Waals surface area contributed by atoms with Crippen LogP contribution < -0.4 is 10.2 Å². The Morgan fingerprint density at radius 2 is 1.80 bits per heavy atom. The van der Waals surface area contributed by atoms with Crippen molar-refractivity contribution >= 4 is 46.5 Å². The summed E-state index contributed by atoms with van der Waals surface area (Å²) in [5, 5.41) is 4.58. The second-order valence-electron chi connectivity index (χ2n) is 7.47. The highest BCUT2D eigenvalue weighted by Crippen LogP contribution is 2.31. The monoisotopic (exact) mass is 447 g/mol. The number of hydrogen-bond acceptors (Lipinski definition) is 5. The summed E-state index contributed by atoms with van der Waals surface area (Å²) in [6.07, 6.45) is 1.61. The lowest BCUT2D eigenvalue weighted by molar-refractivity contribution is -0.130. The van der Waals surface area contributed by atoms with Gasteiger partial charge in [0, 0.05) is 69.0 Å². The van der Waals surface area contributed by atoms with E-state index >= 15 is 0 Å². The van der Waals surface area contributed by atoms with E-state index in [0.29, 0.717) is 48.3 Å². The molecular weight excluding hydrogens is 425 g/mol. The van der Waals surface area contributed by atoms with Crippen LogP contribution in [0.4, 0.5) is 11.5 Å². The number of amides is 2. The molecule has 2 aliphatic heterocycles. The minimum Gasteiger partial charge on any atom is -0.367 e. The first-order chi connectivity index (χ1) is 14.4. The van der Waals surface area contributed by atoms with E-state index in [0.717, 1.165) is 30.2 Å². The van der Waals surface area contributed by atoms with Crippen LogP contribution >= 0.6 is 23.2 Å². The molecule has 158 valence electrons. The van der Waals surface area contributed by atoms with Gasteiger partial charge in [0.15, 0.2) is 0 Å². The molecule has 0 aliphatic carbocycles. The molecule has 2 amide bonds. The number of rotatable bonds is 3. The van der Waals surface area contributed by atoms with Crippen LogP contribution in [0, 0.1) is 0 Å². The van der Waals surface area contributed by atoms with Crippen molar-refractivity contribution in [3.05, 3.63) is 51.6 Å². The molecule has 1 aromatic heterocycles. The number of fused-ring (bicyclic) bond motifs is 1. The molecule has 3 heterocycles. The predicted octanol–water partition coefficient (Wildman–Crippen LogP) is 3.12. The average Bonchev–Trinajstić information content (AvgIpc) is 2.76. The first-order valence-electron chi connectivity index (χ1n) is 9.90.